The fourth-order valence-electron chi connectivity index (χ4n) is 2.07. The van der Waals surface area contributed by atoms with E-state index in [0.717, 1.165) is 11.0 Å². The van der Waals surface area contributed by atoms with Crippen molar-refractivity contribution in [3.8, 4) is 0 Å². The Morgan fingerprint density at radius 1 is 1.00 bits per heavy atom. The maximum absolute atomic E-state index is 11.7. The molecule has 0 aliphatic carbocycles. The molecule has 0 bridgehead atoms. The first-order valence-corrected chi connectivity index (χ1v) is 5.63. The average Bonchev–Trinajstić information content (AvgIpc) is 2.36. The molecule has 0 saturated carbocycles. The van der Waals surface area contributed by atoms with Crippen LogP contribution in [0, 0.1) is 0 Å². The predicted octanol–water partition coefficient (Wildman–Crippen LogP) is 2.57. The number of nitrogens with two attached hydrogens (primary N) is 1. The molecule has 1 heterocycles. The molecular formula is C14H11N3O. The van der Waals surface area contributed by atoms with E-state index in [1.165, 1.54) is 6.92 Å². The molecule has 0 atom stereocenters. The van der Waals surface area contributed by atoms with Crippen LogP contribution in [0.3, 0.4) is 0 Å². The van der Waals surface area contributed by atoms with Crippen LogP contribution >= 0.6 is 0 Å². The highest BCUT2D eigenvalue weighted by atomic mass is 16.1. The predicted molar refractivity (Wildman–Crippen MR) is 71.5 cm³/mol. The van der Waals surface area contributed by atoms with E-state index in [2.05, 4.69) is 9.97 Å². The summed E-state index contributed by atoms with van der Waals surface area (Å²) in [5, 5.41) is 0. The van der Waals surface area contributed by atoms with Crippen molar-refractivity contribution in [1.29, 1.82) is 0 Å². The zero-order valence-electron chi connectivity index (χ0n) is 9.84. The zero-order chi connectivity index (χ0) is 12.7. The Labute approximate surface area is 103 Å². The number of ketones is 1. The van der Waals surface area contributed by atoms with Gasteiger partial charge in [-0.1, -0.05) is 12.1 Å². The molecule has 88 valence electrons. The highest BCUT2D eigenvalue weighted by Crippen LogP contribution is 2.24. The third-order valence-electron chi connectivity index (χ3n) is 2.90. The number of hydrogen-bond acceptors (Lipinski definition) is 4. The zero-order valence-corrected chi connectivity index (χ0v) is 9.84. The Hall–Kier alpha value is -2.49. The van der Waals surface area contributed by atoms with Crippen molar-refractivity contribution < 1.29 is 4.79 Å². The first kappa shape index (κ1) is 10.7. The van der Waals surface area contributed by atoms with Gasteiger partial charge in [0.05, 0.1) is 22.1 Å². The van der Waals surface area contributed by atoms with Crippen LogP contribution in [0.2, 0.25) is 0 Å². The van der Waals surface area contributed by atoms with Crippen molar-refractivity contribution in [1.82, 2.24) is 9.97 Å². The fourth-order valence-corrected chi connectivity index (χ4v) is 2.07. The molecule has 0 aliphatic rings. The molecule has 0 radical (unpaired) electrons. The molecule has 0 saturated heterocycles. The van der Waals surface area contributed by atoms with E-state index in [-0.39, 0.29) is 5.78 Å². The SMILES string of the molecule is CC(=O)c1c(N)ccc2nc3ccccc3nc12. The first-order valence-electron chi connectivity index (χ1n) is 5.63. The lowest BCUT2D eigenvalue weighted by Crippen LogP contribution is -2.03. The standard InChI is InChI=1S/C14H11N3O/c1-8(18)13-9(15)6-7-12-14(13)17-11-5-3-2-4-10(11)16-12/h2-7H,15H2,1H3. The monoisotopic (exact) mass is 237 g/mol. The number of carbonyl (C=O) groups is 1. The fraction of sp³-hybridized carbons (Fsp3) is 0.0714. The number of aromatic nitrogens is 2. The molecule has 0 aliphatic heterocycles. The number of carbonyl (C=O) groups excluding carboxylic acids is 1. The van der Waals surface area contributed by atoms with Gasteiger partial charge in [0.25, 0.3) is 0 Å². The van der Waals surface area contributed by atoms with E-state index in [0.29, 0.717) is 22.3 Å². The molecule has 0 spiro atoms. The number of nitrogen functional groups attached to an aromatic ring is 1. The molecule has 3 aromatic rings. The van der Waals surface area contributed by atoms with Crippen LogP contribution in [0.15, 0.2) is 36.4 Å². The van der Waals surface area contributed by atoms with E-state index in [4.69, 9.17) is 5.73 Å². The van der Waals surface area contributed by atoms with E-state index < -0.39 is 0 Å². The van der Waals surface area contributed by atoms with Gasteiger partial charge >= 0.3 is 0 Å². The maximum Gasteiger partial charge on any atom is 0.164 e. The Morgan fingerprint density at radius 3 is 2.33 bits per heavy atom. The van der Waals surface area contributed by atoms with Crippen LogP contribution in [0.1, 0.15) is 17.3 Å². The molecule has 0 unspecified atom stereocenters. The van der Waals surface area contributed by atoms with Crippen LogP contribution in [0.25, 0.3) is 22.1 Å². The molecule has 2 N–H and O–H groups in total. The van der Waals surface area contributed by atoms with E-state index in [1.54, 1.807) is 12.1 Å². The second kappa shape index (κ2) is 3.77. The summed E-state index contributed by atoms with van der Waals surface area (Å²) in [7, 11) is 0. The molecule has 4 nitrogen and oxygen atoms in total. The maximum atomic E-state index is 11.7. The molecular weight excluding hydrogens is 226 g/mol. The first-order chi connectivity index (χ1) is 8.66. The molecule has 3 rings (SSSR count). The van der Waals surface area contributed by atoms with Crippen molar-refractivity contribution in [2.45, 2.75) is 6.92 Å². The summed E-state index contributed by atoms with van der Waals surface area (Å²) in [4.78, 5) is 20.7. The minimum Gasteiger partial charge on any atom is -0.398 e. The number of nitrogens with zero attached hydrogens (tertiary/aromatic N) is 2. The van der Waals surface area contributed by atoms with Crippen LogP contribution < -0.4 is 5.73 Å². The lowest BCUT2D eigenvalue weighted by Gasteiger charge is -2.07. The highest BCUT2D eigenvalue weighted by molar-refractivity contribution is 6.10. The number of para-hydroxylation sites is 2. The highest BCUT2D eigenvalue weighted by Gasteiger charge is 2.12. The van der Waals surface area contributed by atoms with Gasteiger partial charge in [0.2, 0.25) is 0 Å². The number of rotatable bonds is 1. The molecule has 1 aromatic heterocycles. The van der Waals surface area contributed by atoms with Crippen molar-refractivity contribution >= 4 is 33.5 Å². The molecule has 18 heavy (non-hydrogen) atoms. The van der Waals surface area contributed by atoms with Crippen molar-refractivity contribution in [3.63, 3.8) is 0 Å². The number of fused-ring (bicyclic) bond motifs is 2. The largest absolute Gasteiger partial charge is 0.398 e. The van der Waals surface area contributed by atoms with Crippen molar-refractivity contribution in [3.05, 3.63) is 42.0 Å². The summed E-state index contributed by atoms with van der Waals surface area (Å²) in [6, 6.07) is 11.0. The quantitative estimate of drug-likeness (QED) is 0.401. The van der Waals surface area contributed by atoms with Gasteiger partial charge in [-0.05, 0) is 31.2 Å². The lowest BCUT2D eigenvalue weighted by molar-refractivity contribution is 0.102. The lowest BCUT2D eigenvalue weighted by atomic mass is 10.1. The molecule has 0 fully saturated rings. The summed E-state index contributed by atoms with van der Waals surface area (Å²) in [5.41, 5.74) is 9.57. The normalized spacial score (nSPS) is 10.9. The van der Waals surface area contributed by atoms with E-state index in [1.807, 2.05) is 24.3 Å². The Balaban J connectivity index is 2.50. The second-order valence-electron chi connectivity index (χ2n) is 4.17. The topological polar surface area (TPSA) is 68.9 Å². The summed E-state index contributed by atoms with van der Waals surface area (Å²) < 4.78 is 0. The van der Waals surface area contributed by atoms with Crippen LogP contribution in [0.4, 0.5) is 5.69 Å². The van der Waals surface area contributed by atoms with E-state index in [9.17, 15) is 4.79 Å². The number of benzene rings is 2. The third kappa shape index (κ3) is 1.50. The minimum absolute atomic E-state index is 0.0947. The Kier molecular flexibility index (Phi) is 2.23. The second-order valence-corrected chi connectivity index (χ2v) is 4.17. The Morgan fingerprint density at radius 2 is 1.67 bits per heavy atom. The smallest absolute Gasteiger partial charge is 0.164 e. The molecule has 0 amide bonds. The summed E-state index contributed by atoms with van der Waals surface area (Å²) in [6.45, 7) is 1.49. The molecule has 2 aromatic carbocycles. The van der Waals surface area contributed by atoms with Gasteiger partial charge in [-0.2, -0.15) is 0 Å². The van der Waals surface area contributed by atoms with Gasteiger partial charge in [-0.15, -0.1) is 0 Å². The van der Waals surface area contributed by atoms with Gasteiger partial charge in [-0.3, -0.25) is 4.79 Å². The van der Waals surface area contributed by atoms with Crippen LogP contribution in [-0.4, -0.2) is 15.8 Å². The minimum atomic E-state index is -0.0947. The number of Topliss-reactive ketones (excluding diaryl/α,β-unsaturated/α-hetero) is 1. The molecule has 4 heteroatoms. The number of anilines is 1. The van der Waals surface area contributed by atoms with Crippen molar-refractivity contribution in [2.75, 3.05) is 5.73 Å². The van der Waals surface area contributed by atoms with Crippen LogP contribution in [0.5, 0.6) is 0 Å². The van der Waals surface area contributed by atoms with Crippen LogP contribution in [-0.2, 0) is 0 Å². The third-order valence-corrected chi connectivity index (χ3v) is 2.90. The summed E-state index contributed by atoms with van der Waals surface area (Å²) in [5.74, 6) is -0.0947. The average molecular weight is 237 g/mol. The van der Waals surface area contributed by atoms with Crippen molar-refractivity contribution in [2.24, 2.45) is 0 Å². The number of hydrogen-bond donors (Lipinski definition) is 1. The van der Waals surface area contributed by atoms with Gasteiger partial charge < -0.3 is 5.73 Å². The summed E-state index contributed by atoms with van der Waals surface area (Å²) >= 11 is 0. The Bertz CT molecular complexity index is 780. The van der Waals surface area contributed by atoms with Gasteiger partial charge in [0.1, 0.15) is 5.52 Å². The van der Waals surface area contributed by atoms with E-state index >= 15 is 0 Å². The van der Waals surface area contributed by atoms with Gasteiger partial charge in [-0.25, -0.2) is 9.97 Å². The van der Waals surface area contributed by atoms with Gasteiger partial charge in [0, 0.05) is 5.69 Å². The van der Waals surface area contributed by atoms with Gasteiger partial charge in [0.15, 0.2) is 5.78 Å². The summed E-state index contributed by atoms with van der Waals surface area (Å²) in [6.07, 6.45) is 0.